The second kappa shape index (κ2) is 5.10. The van der Waals surface area contributed by atoms with Gasteiger partial charge in [-0.1, -0.05) is 18.2 Å². The van der Waals surface area contributed by atoms with Crippen LogP contribution in [0.15, 0.2) is 42.5 Å². The lowest BCUT2D eigenvalue weighted by Crippen LogP contribution is -2.00. The predicted molar refractivity (Wildman–Crippen MR) is 90.4 cm³/mol. The van der Waals surface area contributed by atoms with Crippen molar-refractivity contribution in [2.24, 2.45) is 0 Å². The van der Waals surface area contributed by atoms with Crippen LogP contribution in [0.4, 0.5) is 0 Å². The Morgan fingerprint density at radius 1 is 1.26 bits per heavy atom. The molecule has 0 saturated carbocycles. The zero-order valence-electron chi connectivity index (χ0n) is 12.2. The average Bonchev–Trinajstić information content (AvgIpc) is 3.16. The number of carboxylic acid groups (broad SMARTS) is 1. The molecule has 4 rings (SSSR count). The van der Waals surface area contributed by atoms with Gasteiger partial charge in [-0.2, -0.15) is 5.10 Å². The highest BCUT2D eigenvalue weighted by Gasteiger charge is 2.17. The highest BCUT2D eigenvalue weighted by Crippen LogP contribution is 2.37. The number of benzene rings is 2. The van der Waals surface area contributed by atoms with Crippen molar-refractivity contribution in [3.63, 3.8) is 0 Å². The Kier molecular flexibility index (Phi) is 3.06. The molecule has 0 spiro atoms. The van der Waals surface area contributed by atoms with Gasteiger partial charge in [-0.25, -0.2) is 4.79 Å². The smallest absolute Gasteiger partial charge is 0.339 e. The zero-order chi connectivity index (χ0) is 16.0. The second-order valence-corrected chi connectivity index (χ2v) is 6.21. The highest BCUT2D eigenvalue weighted by atomic mass is 32.1. The summed E-state index contributed by atoms with van der Waals surface area (Å²) in [5.41, 5.74) is 1.63. The number of thiophene rings is 1. The van der Waals surface area contributed by atoms with Crippen LogP contribution in [0.1, 0.15) is 10.4 Å². The van der Waals surface area contributed by atoms with Crippen LogP contribution >= 0.6 is 11.3 Å². The average molecular weight is 324 g/mol. The molecule has 6 heteroatoms. The van der Waals surface area contributed by atoms with Crippen LogP contribution in [-0.2, 0) is 0 Å². The van der Waals surface area contributed by atoms with E-state index in [-0.39, 0.29) is 5.56 Å². The first-order valence-electron chi connectivity index (χ1n) is 6.95. The Morgan fingerprint density at radius 2 is 2.09 bits per heavy atom. The molecule has 5 nitrogen and oxygen atoms in total. The monoisotopic (exact) mass is 324 g/mol. The summed E-state index contributed by atoms with van der Waals surface area (Å²) in [5, 5.41) is 18.6. The van der Waals surface area contributed by atoms with E-state index in [1.807, 2.05) is 12.1 Å². The number of rotatable bonds is 3. The van der Waals surface area contributed by atoms with E-state index in [1.54, 1.807) is 23.5 Å². The van der Waals surface area contributed by atoms with Gasteiger partial charge in [0.15, 0.2) is 0 Å². The fourth-order valence-corrected chi connectivity index (χ4v) is 3.73. The number of nitrogens with one attached hydrogen (secondary N) is 1. The summed E-state index contributed by atoms with van der Waals surface area (Å²) in [6, 6.07) is 13.5. The quantitative estimate of drug-likeness (QED) is 0.593. The molecule has 0 aliphatic carbocycles. The summed E-state index contributed by atoms with van der Waals surface area (Å²) in [6.45, 7) is 0. The van der Waals surface area contributed by atoms with Crippen molar-refractivity contribution >= 4 is 38.3 Å². The molecule has 2 heterocycles. The molecule has 0 radical (unpaired) electrons. The molecule has 0 aliphatic rings. The van der Waals surface area contributed by atoms with Crippen LogP contribution in [0, 0.1) is 0 Å². The summed E-state index contributed by atoms with van der Waals surface area (Å²) in [4.78, 5) is 12.4. The lowest BCUT2D eigenvalue weighted by atomic mass is 10.1. The molecule has 4 aromatic rings. The Bertz CT molecular complexity index is 1020. The van der Waals surface area contributed by atoms with Gasteiger partial charge in [-0.3, -0.25) is 5.10 Å². The van der Waals surface area contributed by atoms with Crippen molar-refractivity contribution in [1.29, 1.82) is 0 Å². The largest absolute Gasteiger partial charge is 0.496 e. The maximum Gasteiger partial charge on any atom is 0.339 e. The predicted octanol–water partition coefficient (Wildman–Crippen LogP) is 4.15. The van der Waals surface area contributed by atoms with E-state index in [9.17, 15) is 9.90 Å². The number of aromatic carboxylic acids is 1. The van der Waals surface area contributed by atoms with Crippen LogP contribution in [0.5, 0.6) is 5.75 Å². The maximum absolute atomic E-state index is 11.4. The fraction of sp³-hybridized carbons (Fsp3) is 0.0588. The van der Waals surface area contributed by atoms with Crippen molar-refractivity contribution in [1.82, 2.24) is 10.2 Å². The standard InChI is InChI=1S/C17H12N2O3S/c1-22-13-8-12-10(7-11(13)17(20)21)16(19-18-12)15-6-9-4-2-3-5-14(9)23-15/h2-8H,1H3,(H,18,19)(H,20,21). The molecule has 0 unspecified atom stereocenters. The third-order valence-corrected chi connectivity index (χ3v) is 4.90. The van der Waals surface area contributed by atoms with Gasteiger partial charge in [0, 0.05) is 16.2 Å². The first kappa shape index (κ1) is 13.8. The van der Waals surface area contributed by atoms with Crippen LogP contribution in [0.3, 0.4) is 0 Å². The van der Waals surface area contributed by atoms with Gasteiger partial charge >= 0.3 is 5.97 Å². The molecule has 2 aromatic heterocycles. The number of hydrogen-bond donors (Lipinski definition) is 2. The molecular formula is C17H12N2O3S. The number of aromatic nitrogens is 2. The molecule has 0 atom stereocenters. The summed E-state index contributed by atoms with van der Waals surface area (Å²) >= 11 is 1.63. The number of carbonyl (C=O) groups is 1. The van der Waals surface area contributed by atoms with Crippen LogP contribution in [0.25, 0.3) is 31.6 Å². The first-order chi connectivity index (χ1) is 11.2. The van der Waals surface area contributed by atoms with Crippen molar-refractivity contribution in [2.75, 3.05) is 7.11 Å². The number of aromatic amines is 1. The normalized spacial score (nSPS) is 11.2. The van der Waals surface area contributed by atoms with E-state index >= 15 is 0 Å². The maximum atomic E-state index is 11.4. The van der Waals surface area contributed by atoms with Gasteiger partial charge in [-0.05, 0) is 23.6 Å². The summed E-state index contributed by atoms with van der Waals surface area (Å²) in [7, 11) is 1.46. The van der Waals surface area contributed by atoms with Crippen LogP contribution in [0.2, 0.25) is 0 Å². The van der Waals surface area contributed by atoms with Gasteiger partial charge in [0.1, 0.15) is 17.0 Å². The molecule has 0 amide bonds. The minimum Gasteiger partial charge on any atom is -0.496 e. The van der Waals surface area contributed by atoms with Gasteiger partial charge < -0.3 is 9.84 Å². The van der Waals surface area contributed by atoms with Crippen molar-refractivity contribution in [2.45, 2.75) is 0 Å². The number of fused-ring (bicyclic) bond motifs is 2. The van der Waals surface area contributed by atoms with Gasteiger partial charge in [0.05, 0.1) is 17.5 Å². The number of methoxy groups -OCH3 is 1. The summed E-state index contributed by atoms with van der Waals surface area (Å²) < 4.78 is 6.32. The molecule has 0 aliphatic heterocycles. The number of H-pyrrole nitrogens is 1. The number of nitrogens with zero attached hydrogens (tertiary/aromatic N) is 1. The van der Waals surface area contributed by atoms with E-state index in [0.717, 1.165) is 26.9 Å². The molecular weight excluding hydrogens is 312 g/mol. The van der Waals surface area contributed by atoms with Crippen molar-refractivity contribution in [3.8, 4) is 16.3 Å². The molecule has 0 bridgehead atoms. The van der Waals surface area contributed by atoms with Crippen molar-refractivity contribution in [3.05, 3.63) is 48.0 Å². The van der Waals surface area contributed by atoms with E-state index in [1.165, 1.54) is 11.8 Å². The lowest BCUT2D eigenvalue weighted by Gasteiger charge is -2.04. The first-order valence-corrected chi connectivity index (χ1v) is 7.77. The molecule has 0 fully saturated rings. The summed E-state index contributed by atoms with van der Waals surface area (Å²) in [5.74, 6) is -0.705. The van der Waals surface area contributed by atoms with Gasteiger partial charge in [-0.15, -0.1) is 11.3 Å². The van der Waals surface area contributed by atoms with Gasteiger partial charge in [0.2, 0.25) is 0 Å². The van der Waals surface area contributed by atoms with Crippen LogP contribution in [-0.4, -0.2) is 28.4 Å². The minimum atomic E-state index is -1.02. The third kappa shape index (κ3) is 2.15. The lowest BCUT2D eigenvalue weighted by molar-refractivity contribution is 0.0693. The molecule has 114 valence electrons. The topological polar surface area (TPSA) is 75.2 Å². The number of ether oxygens (including phenoxy) is 1. The van der Waals surface area contributed by atoms with Crippen LogP contribution < -0.4 is 4.74 Å². The third-order valence-electron chi connectivity index (χ3n) is 3.77. The Morgan fingerprint density at radius 3 is 2.83 bits per heavy atom. The SMILES string of the molecule is COc1cc2[nH]nc(-c3cc4ccccc4s3)c2cc1C(=O)O. The molecule has 2 aromatic carbocycles. The fourth-order valence-electron chi connectivity index (χ4n) is 2.67. The van der Waals surface area contributed by atoms with E-state index in [2.05, 4.69) is 28.4 Å². The van der Waals surface area contributed by atoms with E-state index in [0.29, 0.717) is 5.75 Å². The zero-order valence-corrected chi connectivity index (χ0v) is 13.0. The Balaban J connectivity index is 1.96. The Hall–Kier alpha value is -2.86. The molecule has 2 N–H and O–H groups in total. The minimum absolute atomic E-state index is 0.128. The molecule has 23 heavy (non-hydrogen) atoms. The molecule has 0 saturated heterocycles. The van der Waals surface area contributed by atoms with E-state index < -0.39 is 5.97 Å². The van der Waals surface area contributed by atoms with Gasteiger partial charge in [0.25, 0.3) is 0 Å². The summed E-state index contributed by atoms with van der Waals surface area (Å²) in [6.07, 6.45) is 0. The van der Waals surface area contributed by atoms with Crippen molar-refractivity contribution < 1.29 is 14.6 Å². The number of hydrogen-bond acceptors (Lipinski definition) is 4. The number of carboxylic acids is 1. The van der Waals surface area contributed by atoms with E-state index in [4.69, 9.17) is 4.74 Å². The Labute approximate surface area is 135 Å². The highest BCUT2D eigenvalue weighted by molar-refractivity contribution is 7.22. The second-order valence-electron chi connectivity index (χ2n) is 5.12.